The first kappa shape index (κ1) is 8.92. The van der Waals surface area contributed by atoms with Gasteiger partial charge in [-0.25, -0.2) is 4.79 Å². The minimum atomic E-state index is -1.09. The van der Waals surface area contributed by atoms with Crippen LogP contribution in [0.5, 0.6) is 0 Å². The van der Waals surface area contributed by atoms with Gasteiger partial charge in [0.2, 0.25) is 0 Å². The highest BCUT2D eigenvalue weighted by Gasteiger charge is 2.32. The fourth-order valence-electron chi connectivity index (χ4n) is 0.399. The summed E-state index contributed by atoms with van der Waals surface area (Å²) in [6.45, 7) is 3.21. The third-order valence-corrected chi connectivity index (χ3v) is 1.51. The van der Waals surface area contributed by atoms with Crippen molar-refractivity contribution in [3.8, 4) is 6.07 Å². The molecule has 0 saturated carbocycles. The summed E-state index contributed by atoms with van der Waals surface area (Å²) >= 11 is 0. The Morgan fingerprint density at radius 3 is 2.50 bits per heavy atom. The average Bonchev–Trinajstić information content (AvgIpc) is 2.01. The van der Waals surface area contributed by atoms with Gasteiger partial charge >= 0.3 is 5.97 Å². The fraction of sp³-hybridized carbons (Fsp3) is 0.667. The van der Waals surface area contributed by atoms with Crippen LogP contribution in [0.25, 0.3) is 0 Å². The lowest BCUT2D eigenvalue weighted by Gasteiger charge is -2.13. The third-order valence-electron chi connectivity index (χ3n) is 1.51. The fourth-order valence-corrected chi connectivity index (χ4v) is 0.399. The van der Waals surface area contributed by atoms with Gasteiger partial charge in [0.1, 0.15) is 0 Å². The summed E-state index contributed by atoms with van der Waals surface area (Å²) in [6.07, 6.45) is 0.402. The zero-order valence-corrected chi connectivity index (χ0v) is 6.05. The zero-order valence-electron chi connectivity index (χ0n) is 6.05. The van der Waals surface area contributed by atoms with Crippen LogP contribution in [-0.4, -0.2) is 5.97 Å². The second kappa shape index (κ2) is 3.18. The first-order valence-corrected chi connectivity index (χ1v) is 2.93. The van der Waals surface area contributed by atoms with Crippen LogP contribution in [0.2, 0.25) is 0 Å². The van der Waals surface area contributed by atoms with E-state index in [0.717, 1.165) is 0 Å². The van der Waals surface area contributed by atoms with Gasteiger partial charge in [-0.15, -0.1) is 0 Å². The Bertz CT molecular complexity index is 173. The number of rotatable bonds is 2. The molecule has 4 heteroatoms. The maximum atomic E-state index is 10.7. The number of hydrogen-bond donors (Lipinski definition) is 1. The molecule has 1 unspecified atom stereocenters. The molecule has 0 fully saturated rings. The average molecular weight is 142 g/mol. The van der Waals surface area contributed by atoms with Crippen molar-refractivity contribution in [2.45, 2.75) is 20.3 Å². The Kier molecular flexibility index (Phi) is 2.84. The lowest BCUT2D eigenvalue weighted by atomic mass is 9.90. The van der Waals surface area contributed by atoms with Crippen molar-refractivity contribution in [1.82, 2.24) is 0 Å². The molecule has 0 aromatic heterocycles. The smallest absolute Gasteiger partial charge is 0.344 e. The van der Waals surface area contributed by atoms with E-state index >= 15 is 0 Å². The van der Waals surface area contributed by atoms with Crippen LogP contribution in [0, 0.1) is 16.7 Å². The first-order chi connectivity index (χ1) is 4.60. The SMILES string of the molecule is CCC(C)(C#N)C(=O)ON. The molecule has 10 heavy (non-hydrogen) atoms. The molecule has 0 bridgehead atoms. The Morgan fingerprint density at radius 2 is 2.40 bits per heavy atom. The standard InChI is InChI=1S/C6H10N2O2/c1-3-6(2,4-7)5(9)10-8/h3,8H2,1-2H3. The predicted molar refractivity (Wildman–Crippen MR) is 34.3 cm³/mol. The Hall–Kier alpha value is -1.08. The largest absolute Gasteiger partial charge is 0.372 e. The van der Waals surface area contributed by atoms with Gasteiger partial charge in [-0.05, 0) is 13.3 Å². The molecule has 0 spiro atoms. The molecule has 56 valence electrons. The van der Waals surface area contributed by atoms with Crippen LogP contribution in [-0.2, 0) is 9.63 Å². The van der Waals surface area contributed by atoms with Crippen LogP contribution in [0.3, 0.4) is 0 Å². The number of carbonyl (C=O) groups is 1. The molecule has 2 N–H and O–H groups in total. The third kappa shape index (κ3) is 1.45. The topological polar surface area (TPSA) is 76.1 Å². The number of nitriles is 1. The van der Waals surface area contributed by atoms with Gasteiger partial charge in [-0.3, -0.25) is 0 Å². The summed E-state index contributed by atoms with van der Waals surface area (Å²) in [6, 6.07) is 1.82. The minimum Gasteiger partial charge on any atom is -0.372 e. The van der Waals surface area contributed by atoms with Gasteiger partial charge in [0, 0.05) is 0 Å². The van der Waals surface area contributed by atoms with E-state index in [9.17, 15) is 4.79 Å². The highest BCUT2D eigenvalue weighted by atomic mass is 16.7. The van der Waals surface area contributed by atoms with E-state index < -0.39 is 11.4 Å². The summed E-state index contributed by atoms with van der Waals surface area (Å²) in [4.78, 5) is 14.7. The molecular formula is C6H10N2O2. The molecule has 0 aliphatic heterocycles. The quantitative estimate of drug-likeness (QED) is 0.564. The lowest BCUT2D eigenvalue weighted by Crippen LogP contribution is -2.29. The Balaban J connectivity index is 4.37. The van der Waals surface area contributed by atoms with Crippen molar-refractivity contribution in [2.75, 3.05) is 0 Å². The van der Waals surface area contributed by atoms with Crippen molar-refractivity contribution in [3.63, 3.8) is 0 Å². The molecule has 0 radical (unpaired) electrons. The monoisotopic (exact) mass is 142 g/mol. The first-order valence-electron chi connectivity index (χ1n) is 2.93. The number of nitrogens with two attached hydrogens (primary N) is 1. The molecular weight excluding hydrogens is 132 g/mol. The molecule has 0 aliphatic rings. The summed E-state index contributed by atoms with van der Waals surface area (Å²) in [5.74, 6) is 3.93. The van der Waals surface area contributed by atoms with Gasteiger partial charge in [0.15, 0.2) is 5.41 Å². The molecule has 0 amide bonds. The van der Waals surface area contributed by atoms with E-state index in [1.165, 1.54) is 6.92 Å². The summed E-state index contributed by atoms with van der Waals surface area (Å²) < 4.78 is 0. The number of nitrogens with zero attached hydrogens (tertiary/aromatic N) is 1. The van der Waals surface area contributed by atoms with E-state index in [1.807, 2.05) is 6.07 Å². The van der Waals surface area contributed by atoms with Crippen LogP contribution < -0.4 is 5.90 Å². The number of hydrogen-bond acceptors (Lipinski definition) is 4. The highest BCUT2D eigenvalue weighted by Crippen LogP contribution is 2.20. The van der Waals surface area contributed by atoms with Gasteiger partial charge in [0.25, 0.3) is 0 Å². The van der Waals surface area contributed by atoms with E-state index in [4.69, 9.17) is 5.26 Å². The molecule has 0 saturated heterocycles. The predicted octanol–water partition coefficient (Wildman–Crippen LogP) is 0.343. The van der Waals surface area contributed by atoms with Crippen molar-refractivity contribution in [3.05, 3.63) is 0 Å². The number of carbonyl (C=O) groups excluding carboxylic acids is 1. The van der Waals surface area contributed by atoms with Gasteiger partial charge in [-0.2, -0.15) is 11.2 Å². The molecule has 0 aliphatic carbocycles. The summed E-state index contributed by atoms with van der Waals surface area (Å²) in [5, 5.41) is 8.48. The van der Waals surface area contributed by atoms with Crippen molar-refractivity contribution in [2.24, 2.45) is 11.3 Å². The van der Waals surface area contributed by atoms with Crippen LogP contribution in [0.15, 0.2) is 0 Å². The lowest BCUT2D eigenvalue weighted by molar-refractivity contribution is -0.152. The second-order valence-corrected chi connectivity index (χ2v) is 2.20. The van der Waals surface area contributed by atoms with Crippen molar-refractivity contribution in [1.29, 1.82) is 5.26 Å². The van der Waals surface area contributed by atoms with E-state index in [0.29, 0.717) is 6.42 Å². The van der Waals surface area contributed by atoms with Crippen LogP contribution >= 0.6 is 0 Å². The second-order valence-electron chi connectivity index (χ2n) is 2.20. The molecule has 4 nitrogen and oxygen atoms in total. The molecule has 0 aromatic carbocycles. The maximum Gasteiger partial charge on any atom is 0.344 e. The molecule has 0 heterocycles. The normalized spacial score (nSPS) is 15.0. The van der Waals surface area contributed by atoms with Crippen LogP contribution in [0.4, 0.5) is 0 Å². The molecule has 0 rings (SSSR count). The van der Waals surface area contributed by atoms with Crippen LogP contribution in [0.1, 0.15) is 20.3 Å². The minimum absolute atomic E-state index is 0.402. The van der Waals surface area contributed by atoms with Gasteiger partial charge in [-0.1, -0.05) is 6.92 Å². The molecule has 1 atom stereocenters. The van der Waals surface area contributed by atoms with Crippen molar-refractivity contribution >= 4 is 5.97 Å². The Labute approximate surface area is 59.5 Å². The maximum absolute atomic E-state index is 10.7. The van der Waals surface area contributed by atoms with E-state index in [-0.39, 0.29) is 0 Å². The van der Waals surface area contributed by atoms with E-state index in [2.05, 4.69) is 10.7 Å². The summed E-state index contributed by atoms with van der Waals surface area (Å²) in [7, 11) is 0. The zero-order chi connectivity index (χ0) is 8.20. The van der Waals surface area contributed by atoms with Gasteiger partial charge < -0.3 is 4.84 Å². The Morgan fingerprint density at radius 1 is 1.90 bits per heavy atom. The van der Waals surface area contributed by atoms with Gasteiger partial charge in [0.05, 0.1) is 6.07 Å². The highest BCUT2D eigenvalue weighted by molar-refractivity contribution is 5.79. The molecule has 0 aromatic rings. The van der Waals surface area contributed by atoms with E-state index in [1.54, 1.807) is 6.92 Å². The summed E-state index contributed by atoms with van der Waals surface area (Å²) in [5.41, 5.74) is -1.09. The van der Waals surface area contributed by atoms with Crippen molar-refractivity contribution < 1.29 is 9.63 Å².